The molecule has 0 spiro atoms. The van der Waals surface area contributed by atoms with Gasteiger partial charge in [-0.15, -0.1) is 0 Å². The molecule has 2 saturated carbocycles. The van der Waals surface area contributed by atoms with E-state index in [0.29, 0.717) is 18.8 Å². The summed E-state index contributed by atoms with van der Waals surface area (Å²) in [5.41, 5.74) is 0.461. The Bertz CT molecular complexity index is 767. The summed E-state index contributed by atoms with van der Waals surface area (Å²) in [6, 6.07) is 5.33. The number of hydrogen-bond acceptors (Lipinski definition) is 4. The minimum atomic E-state index is -0.544. The normalized spacial score (nSPS) is 33.8. The van der Waals surface area contributed by atoms with Gasteiger partial charge < -0.3 is 15.3 Å². The number of carbonyl (C=O) groups excluding carboxylic acids is 2. The molecule has 2 aliphatic rings. The molecule has 2 fully saturated rings. The van der Waals surface area contributed by atoms with Crippen molar-refractivity contribution in [3.63, 3.8) is 0 Å². The van der Waals surface area contributed by atoms with E-state index in [0.717, 1.165) is 25.7 Å². The molecule has 6 nitrogen and oxygen atoms in total. The van der Waals surface area contributed by atoms with Crippen LogP contribution in [0.4, 0.5) is 0 Å². The van der Waals surface area contributed by atoms with Crippen molar-refractivity contribution in [2.24, 2.45) is 29.1 Å². The number of fused-ring (bicyclic) bond motifs is 1. The van der Waals surface area contributed by atoms with Crippen molar-refractivity contribution in [2.45, 2.75) is 72.4 Å². The number of rotatable bonds is 6. The molecule has 1 aromatic heterocycles. The number of aromatic nitrogens is 1. The minimum Gasteiger partial charge on any atom is -0.392 e. The van der Waals surface area contributed by atoms with E-state index in [4.69, 9.17) is 0 Å². The molecule has 7 atom stereocenters. The lowest BCUT2D eigenvalue weighted by molar-refractivity contribution is -0.149. The summed E-state index contributed by atoms with van der Waals surface area (Å²) < 4.78 is 0. The highest BCUT2D eigenvalue weighted by molar-refractivity contribution is 5.92. The van der Waals surface area contributed by atoms with Gasteiger partial charge in [0, 0.05) is 31.2 Å². The molecule has 2 aliphatic carbocycles. The van der Waals surface area contributed by atoms with Crippen molar-refractivity contribution >= 4 is 11.8 Å². The molecule has 3 rings (SSSR count). The van der Waals surface area contributed by atoms with Crippen LogP contribution in [0.5, 0.6) is 0 Å². The molecule has 31 heavy (non-hydrogen) atoms. The van der Waals surface area contributed by atoms with Gasteiger partial charge in [0.05, 0.1) is 6.10 Å². The van der Waals surface area contributed by atoms with Gasteiger partial charge in [-0.25, -0.2) is 0 Å². The fraction of sp³-hybridized carbons (Fsp3) is 0.720. The van der Waals surface area contributed by atoms with E-state index in [-0.39, 0.29) is 46.9 Å². The van der Waals surface area contributed by atoms with Gasteiger partial charge in [-0.05, 0) is 74.8 Å². The molecule has 0 bridgehead atoms. The number of nitrogens with one attached hydrogen (secondary N) is 1. The first kappa shape index (κ1) is 23.7. The molecule has 0 saturated heterocycles. The van der Waals surface area contributed by atoms with E-state index in [1.165, 1.54) is 0 Å². The first-order chi connectivity index (χ1) is 14.7. The lowest BCUT2D eigenvalue weighted by Gasteiger charge is -2.56. The minimum absolute atomic E-state index is 0.00484. The molecule has 1 unspecified atom stereocenters. The monoisotopic (exact) mass is 429 g/mol. The predicted octanol–water partition coefficient (Wildman–Crippen LogP) is 3.51. The first-order valence-corrected chi connectivity index (χ1v) is 11.9. The molecular formula is C25H39N3O3. The third kappa shape index (κ3) is 4.64. The van der Waals surface area contributed by atoms with Gasteiger partial charge in [0.2, 0.25) is 5.91 Å². The quantitative estimate of drug-likeness (QED) is 0.725. The van der Waals surface area contributed by atoms with Crippen LogP contribution >= 0.6 is 0 Å². The SMILES string of the molecule is CCN(CC)C(=O)[C@@H](C)C1CC[C@@]2(C)CC[C@H](NC(=O)c3ccccn3)[C@@H](C)[C@@H]2[C@H]1O. The van der Waals surface area contributed by atoms with Gasteiger partial charge in [0.1, 0.15) is 5.69 Å². The summed E-state index contributed by atoms with van der Waals surface area (Å²) in [4.78, 5) is 31.7. The number of hydrogen-bond donors (Lipinski definition) is 2. The van der Waals surface area contributed by atoms with Crippen molar-refractivity contribution in [3.05, 3.63) is 30.1 Å². The van der Waals surface area contributed by atoms with E-state index < -0.39 is 6.10 Å². The predicted molar refractivity (Wildman–Crippen MR) is 121 cm³/mol. The third-order valence-electron chi connectivity index (χ3n) is 8.21. The Hall–Kier alpha value is -1.95. The van der Waals surface area contributed by atoms with E-state index in [1.807, 2.05) is 31.7 Å². The van der Waals surface area contributed by atoms with Gasteiger partial charge in [0.15, 0.2) is 0 Å². The van der Waals surface area contributed by atoms with Crippen LogP contribution in [-0.2, 0) is 4.79 Å². The van der Waals surface area contributed by atoms with Crippen LogP contribution in [0, 0.1) is 29.1 Å². The van der Waals surface area contributed by atoms with E-state index >= 15 is 0 Å². The highest BCUT2D eigenvalue weighted by Gasteiger charge is 2.54. The number of aliphatic hydroxyl groups excluding tert-OH is 1. The Balaban J connectivity index is 1.75. The summed E-state index contributed by atoms with van der Waals surface area (Å²) in [6.45, 7) is 11.8. The summed E-state index contributed by atoms with van der Waals surface area (Å²) in [5, 5.41) is 14.7. The van der Waals surface area contributed by atoms with Crippen molar-refractivity contribution in [1.29, 1.82) is 0 Å². The van der Waals surface area contributed by atoms with Crippen molar-refractivity contribution < 1.29 is 14.7 Å². The second-order valence-corrected chi connectivity index (χ2v) is 9.86. The molecule has 2 amide bonds. The Morgan fingerprint density at radius 1 is 1.26 bits per heavy atom. The highest BCUT2D eigenvalue weighted by Crippen LogP contribution is 2.55. The van der Waals surface area contributed by atoms with Crippen LogP contribution in [0.2, 0.25) is 0 Å². The molecule has 1 aromatic rings. The molecule has 1 heterocycles. The molecule has 2 N–H and O–H groups in total. The zero-order valence-electron chi connectivity index (χ0n) is 19.7. The number of amides is 2. The smallest absolute Gasteiger partial charge is 0.270 e. The van der Waals surface area contributed by atoms with Crippen molar-refractivity contribution in [1.82, 2.24) is 15.2 Å². The van der Waals surface area contributed by atoms with Gasteiger partial charge >= 0.3 is 0 Å². The van der Waals surface area contributed by atoms with Gasteiger partial charge in [-0.1, -0.05) is 26.8 Å². The molecular weight excluding hydrogens is 390 g/mol. The zero-order chi connectivity index (χ0) is 22.8. The summed E-state index contributed by atoms with van der Waals surface area (Å²) in [6.07, 6.45) is 4.84. The average Bonchev–Trinajstić information content (AvgIpc) is 2.76. The fourth-order valence-corrected chi connectivity index (χ4v) is 6.24. The Morgan fingerprint density at radius 2 is 1.94 bits per heavy atom. The second-order valence-electron chi connectivity index (χ2n) is 9.86. The van der Waals surface area contributed by atoms with E-state index in [1.54, 1.807) is 18.3 Å². The maximum atomic E-state index is 13.0. The maximum absolute atomic E-state index is 13.0. The topological polar surface area (TPSA) is 82.5 Å². The van der Waals surface area contributed by atoms with Gasteiger partial charge in [-0.2, -0.15) is 0 Å². The lowest BCUT2D eigenvalue weighted by atomic mass is 9.51. The number of aliphatic hydroxyl groups is 1. The summed E-state index contributed by atoms with van der Waals surface area (Å²) >= 11 is 0. The fourth-order valence-electron chi connectivity index (χ4n) is 6.24. The van der Waals surface area contributed by atoms with Crippen molar-refractivity contribution in [2.75, 3.05) is 13.1 Å². The summed E-state index contributed by atoms with van der Waals surface area (Å²) in [7, 11) is 0. The third-order valence-corrected chi connectivity index (χ3v) is 8.21. The Morgan fingerprint density at radius 3 is 2.55 bits per heavy atom. The molecule has 172 valence electrons. The van der Waals surface area contributed by atoms with Crippen LogP contribution in [0.1, 0.15) is 70.8 Å². The first-order valence-electron chi connectivity index (χ1n) is 11.9. The van der Waals surface area contributed by atoms with Crippen LogP contribution in [-0.4, -0.2) is 52.0 Å². The largest absolute Gasteiger partial charge is 0.392 e. The maximum Gasteiger partial charge on any atom is 0.270 e. The highest BCUT2D eigenvalue weighted by atomic mass is 16.3. The zero-order valence-corrected chi connectivity index (χ0v) is 19.7. The number of pyridine rings is 1. The summed E-state index contributed by atoms with van der Waals surface area (Å²) in [5.74, 6) is -0.0796. The van der Waals surface area contributed by atoms with Crippen molar-refractivity contribution in [3.8, 4) is 0 Å². The van der Waals surface area contributed by atoms with Crippen LogP contribution < -0.4 is 5.32 Å². The number of carbonyl (C=O) groups is 2. The lowest BCUT2D eigenvalue weighted by Crippen LogP contribution is -2.58. The van der Waals surface area contributed by atoms with Crippen LogP contribution in [0.25, 0.3) is 0 Å². The molecule has 0 aliphatic heterocycles. The van der Waals surface area contributed by atoms with E-state index in [2.05, 4.69) is 24.1 Å². The van der Waals surface area contributed by atoms with Gasteiger partial charge in [-0.3, -0.25) is 14.6 Å². The Labute approximate surface area is 186 Å². The molecule has 6 heteroatoms. The Kier molecular flexibility index (Phi) is 7.40. The average molecular weight is 430 g/mol. The molecule has 0 aromatic carbocycles. The van der Waals surface area contributed by atoms with E-state index in [9.17, 15) is 14.7 Å². The van der Waals surface area contributed by atoms with Gasteiger partial charge in [0.25, 0.3) is 5.91 Å². The molecule has 0 radical (unpaired) electrons. The standard InChI is InChI=1S/C25H39N3O3/c1-6-28(7-2)24(31)16(3)18-11-13-25(5)14-12-19(17(4)21(25)22(18)29)27-23(30)20-10-8-9-15-26-20/h8-10,15-19,21-22,29H,6-7,11-14H2,1-5H3,(H,27,30)/t16-,17+,18?,19-,21+,22-,25-/m0/s1. The van der Waals surface area contributed by atoms with Crippen LogP contribution in [0.3, 0.4) is 0 Å². The van der Waals surface area contributed by atoms with Crippen LogP contribution in [0.15, 0.2) is 24.4 Å². The second kappa shape index (κ2) is 9.68. The number of nitrogens with zero attached hydrogens (tertiary/aromatic N) is 2.